The molecule has 1 heterocycles. The van der Waals surface area contributed by atoms with Gasteiger partial charge in [-0.3, -0.25) is 0 Å². The number of hydrogen-bond donors (Lipinski definition) is 0. The summed E-state index contributed by atoms with van der Waals surface area (Å²) in [6, 6.07) is 6.85. The van der Waals surface area contributed by atoms with Crippen LogP contribution in [0.4, 0.5) is 13.2 Å². The van der Waals surface area contributed by atoms with Gasteiger partial charge in [0.2, 0.25) is 0 Å². The van der Waals surface area contributed by atoms with E-state index in [1.165, 1.54) is 24.3 Å². The maximum absolute atomic E-state index is 12.2. The monoisotopic (exact) mass is 311 g/mol. The molecule has 1 aromatic heterocycles. The molecule has 0 bridgehead atoms. The first kappa shape index (κ1) is 13.9. The number of aromatic nitrogens is 1. The molecule has 0 amide bonds. The SMILES string of the molecule is O=S(=O)(Oc1cccc2ccc(Cl)nc12)C(F)(F)F. The number of rotatable bonds is 2. The fourth-order valence-corrected chi connectivity index (χ4v) is 1.94. The largest absolute Gasteiger partial charge is 0.534 e. The lowest BCUT2D eigenvalue weighted by Gasteiger charge is -2.10. The zero-order valence-electron chi connectivity index (χ0n) is 8.98. The van der Waals surface area contributed by atoms with Gasteiger partial charge in [0.15, 0.2) is 5.75 Å². The quantitative estimate of drug-likeness (QED) is 0.486. The topological polar surface area (TPSA) is 56.3 Å². The Kier molecular flexibility index (Phi) is 3.31. The van der Waals surface area contributed by atoms with Crippen LogP contribution in [0.15, 0.2) is 30.3 Å². The van der Waals surface area contributed by atoms with Crippen LogP contribution in [-0.2, 0) is 10.1 Å². The van der Waals surface area contributed by atoms with E-state index in [4.69, 9.17) is 11.6 Å². The van der Waals surface area contributed by atoms with Crippen LogP contribution in [0.1, 0.15) is 0 Å². The summed E-state index contributed by atoms with van der Waals surface area (Å²) in [5.74, 6) is -0.530. The average molecular weight is 312 g/mol. The van der Waals surface area contributed by atoms with Crippen LogP contribution < -0.4 is 4.18 Å². The first-order valence-corrected chi connectivity index (χ1v) is 6.55. The first-order valence-electron chi connectivity index (χ1n) is 4.77. The molecule has 0 unspecified atom stereocenters. The molecule has 0 N–H and O–H groups in total. The number of fused-ring (bicyclic) bond motifs is 1. The molecule has 0 aliphatic carbocycles. The number of alkyl halides is 3. The molecule has 0 aliphatic heterocycles. The number of hydrogen-bond acceptors (Lipinski definition) is 4. The van der Waals surface area contributed by atoms with Crippen LogP contribution in [0.5, 0.6) is 5.75 Å². The van der Waals surface area contributed by atoms with Gasteiger partial charge in [-0.15, -0.1) is 0 Å². The summed E-state index contributed by atoms with van der Waals surface area (Å²) in [6.07, 6.45) is 0. The fraction of sp³-hybridized carbons (Fsp3) is 0.100. The lowest BCUT2D eigenvalue weighted by Crippen LogP contribution is -2.28. The summed E-state index contributed by atoms with van der Waals surface area (Å²) in [5.41, 5.74) is -5.57. The molecule has 2 aromatic rings. The van der Waals surface area contributed by atoms with E-state index in [0.29, 0.717) is 5.39 Å². The molecule has 4 nitrogen and oxygen atoms in total. The zero-order valence-corrected chi connectivity index (χ0v) is 10.6. The molecule has 2 rings (SSSR count). The normalized spacial score (nSPS) is 12.6. The van der Waals surface area contributed by atoms with Crippen molar-refractivity contribution in [3.05, 3.63) is 35.5 Å². The molecule has 0 atom stereocenters. The highest BCUT2D eigenvalue weighted by Gasteiger charge is 2.48. The van der Waals surface area contributed by atoms with E-state index < -0.39 is 21.4 Å². The van der Waals surface area contributed by atoms with Gasteiger partial charge in [0.25, 0.3) is 0 Å². The molecular formula is C10H5ClF3NO3S. The lowest BCUT2D eigenvalue weighted by molar-refractivity contribution is -0.0499. The Morgan fingerprint density at radius 1 is 1.16 bits per heavy atom. The zero-order chi connectivity index (χ0) is 14.3. The average Bonchev–Trinajstić information content (AvgIpc) is 2.28. The van der Waals surface area contributed by atoms with Crippen molar-refractivity contribution in [1.29, 1.82) is 0 Å². The van der Waals surface area contributed by atoms with Gasteiger partial charge in [-0.05, 0) is 18.2 Å². The Morgan fingerprint density at radius 3 is 2.47 bits per heavy atom. The lowest BCUT2D eigenvalue weighted by atomic mass is 10.2. The standard InChI is InChI=1S/C10H5ClF3NO3S/c11-8-5-4-6-2-1-3-7(9(6)15-8)18-19(16,17)10(12,13)14/h1-5H. The Morgan fingerprint density at radius 2 is 1.84 bits per heavy atom. The minimum atomic E-state index is -5.74. The van der Waals surface area contributed by atoms with E-state index >= 15 is 0 Å². The molecule has 0 saturated heterocycles. The molecular weight excluding hydrogens is 307 g/mol. The third kappa shape index (κ3) is 2.74. The summed E-state index contributed by atoms with van der Waals surface area (Å²) in [7, 11) is -5.74. The van der Waals surface area contributed by atoms with Gasteiger partial charge < -0.3 is 4.18 Å². The van der Waals surface area contributed by atoms with Crippen LogP contribution in [0, 0.1) is 0 Å². The van der Waals surface area contributed by atoms with Gasteiger partial charge >= 0.3 is 15.6 Å². The van der Waals surface area contributed by atoms with Crippen molar-refractivity contribution >= 4 is 32.6 Å². The van der Waals surface area contributed by atoms with Gasteiger partial charge in [0.1, 0.15) is 10.7 Å². The second kappa shape index (κ2) is 4.53. The molecule has 1 aromatic carbocycles. The highest BCUT2D eigenvalue weighted by Crippen LogP contribution is 2.31. The second-order valence-corrected chi connectivity index (χ2v) is 5.37. The van der Waals surface area contributed by atoms with Crippen molar-refractivity contribution in [3.8, 4) is 5.75 Å². The maximum Gasteiger partial charge on any atom is 0.534 e. The van der Waals surface area contributed by atoms with Gasteiger partial charge in [-0.1, -0.05) is 23.7 Å². The van der Waals surface area contributed by atoms with E-state index in [9.17, 15) is 21.6 Å². The number of benzene rings is 1. The molecule has 19 heavy (non-hydrogen) atoms. The van der Waals surface area contributed by atoms with E-state index in [2.05, 4.69) is 9.17 Å². The van der Waals surface area contributed by atoms with Crippen molar-refractivity contribution in [1.82, 2.24) is 4.98 Å². The maximum atomic E-state index is 12.2. The van der Waals surface area contributed by atoms with E-state index in [1.54, 1.807) is 0 Å². The Balaban J connectivity index is 2.56. The molecule has 9 heteroatoms. The minimum Gasteiger partial charge on any atom is -0.374 e. The highest BCUT2D eigenvalue weighted by atomic mass is 35.5. The minimum absolute atomic E-state index is 0.00737. The summed E-state index contributed by atoms with van der Waals surface area (Å²) >= 11 is 5.61. The van der Waals surface area contributed by atoms with Gasteiger partial charge in [0.05, 0.1) is 0 Å². The third-order valence-corrected chi connectivity index (χ3v) is 3.31. The number of pyridine rings is 1. The summed E-state index contributed by atoms with van der Waals surface area (Å²) in [6.45, 7) is 0. The Hall–Kier alpha value is -1.54. The third-order valence-electron chi connectivity index (χ3n) is 2.13. The van der Waals surface area contributed by atoms with Gasteiger partial charge in [-0.25, -0.2) is 4.98 Å². The summed E-state index contributed by atoms with van der Waals surface area (Å²) < 4.78 is 62.7. The van der Waals surface area contributed by atoms with Crippen molar-refractivity contribution in [2.45, 2.75) is 5.51 Å². The Labute approximate surface area is 110 Å². The molecule has 0 aliphatic rings. The van der Waals surface area contributed by atoms with Crippen molar-refractivity contribution in [2.75, 3.05) is 0 Å². The molecule has 0 spiro atoms. The predicted molar refractivity (Wildman–Crippen MR) is 62.4 cm³/mol. The molecule has 0 saturated carbocycles. The van der Waals surface area contributed by atoms with Crippen LogP contribution in [-0.4, -0.2) is 18.9 Å². The number of nitrogens with zero attached hydrogens (tertiary/aromatic N) is 1. The molecule has 0 radical (unpaired) electrons. The number of halogens is 4. The number of para-hydroxylation sites is 1. The van der Waals surface area contributed by atoms with E-state index in [-0.39, 0.29) is 10.7 Å². The van der Waals surface area contributed by atoms with Crippen molar-refractivity contribution in [3.63, 3.8) is 0 Å². The first-order chi connectivity index (χ1) is 8.71. The van der Waals surface area contributed by atoms with E-state index in [0.717, 1.165) is 6.07 Å². The second-order valence-electron chi connectivity index (χ2n) is 3.45. The van der Waals surface area contributed by atoms with Crippen LogP contribution in [0.3, 0.4) is 0 Å². The molecule has 102 valence electrons. The smallest absolute Gasteiger partial charge is 0.374 e. The van der Waals surface area contributed by atoms with Gasteiger partial charge in [-0.2, -0.15) is 21.6 Å². The van der Waals surface area contributed by atoms with Crippen LogP contribution in [0.25, 0.3) is 10.9 Å². The van der Waals surface area contributed by atoms with Gasteiger partial charge in [0, 0.05) is 5.39 Å². The molecule has 0 fully saturated rings. The van der Waals surface area contributed by atoms with Crippen molar-refractivity contribution < 1.29 is 25.8 Å². The van der Waals surface area contributed by atoms with Crippen molar-refractivity contribution in [2.24, 2.45) is 0 Å². The predicted octanol–water partition coefficient (Wildman–Crippen LogP) is 3.12. The van der Waals surface area contributed by atoms with Crippen LogP contribution in [0.2, 0.25) is 5.15 Å². The fourth-order valence-electron chi connectivity index (χ4n) is 1.33. The summed E-state index contributed by atoms with van der Waals surface area (Å²) in [5, 5.41) is 0.409. The summed E-state index contributed by atoms with van der Waals surface area (Å²) in [4.78, 5) is 3.75. The van der Waals surface area contributed by atoms with E-state index in [1.807, 2.05) is 0 Å². The Bertz CT molecular complexity index is 730. The van der Waals surface area contributed by atoms with Crippen LogP contribution >= 0.6 is 11.6 Å². The highest BCUT2D eigenvalue weighted by molar-refractivity contribution is 7.88.